The van der Waals surface area contributed by atoms with Gasteiger partial charge in [-0.3, -0.25) is 0 Å². The summed E-state index contributed by atoms with van der Waals surface area (Å²) in [5.41, 5.74) is 1.09. The first-order valence-corrected chi connectivity index (χ1v) is 9.01. The van der Waals surface area contributed by atoms with E-state index in [2.05, 4.69) is 0 Å². The fraction of sp³-hybridized carbons (Fsp3) is 0.0625. The van der Waals surface area contributed by atoms with Crippen LogP contribution in [0.4, 0.5) is 4.39 Å². The minimum Gasteiger partial charge on any atom is -0.415 e. The summed E-state index contributed by atoms with van der Waals surface area (Å²) in [6.07, 6.45) is 2.11. The van der Waals surface area contributed by atoms with Crippen molar-refractivity contribution in [1.29, 1.82) is 0 Å². The average Bonchev–Trinajstić information content (AvgIpc) is 2.88. The van der Waals surface area contributed by atoms with Crippen molar-refractivity contribution < 1.29 is 17.2 Å². The van der Waals surface area contributed by atoms with E-state index >= 15 is 0 Å². The molecule has 0 atom stereocenters. The number of nitrogens with zero attached hydrogens (tertiary/aromatic N) is 1. The van der Waals surface area contributed by atoms with Crippen molar-refractivity contribution in [2.75, 3.05) is 6.26 Å². The van der Waals surface area contributed by atoms with Crippen LogP contribution in [0.5, 0.6) is 0 Å². The van der Waals surface area contributed by atoms with Crippen LogP contribution in [0.25, 0.3) is 16.9 Å². The van der Waals surface area contributed by atoms with E-state index in [1.54, 1.807) is 24.3 Å². The van der Waals surface area contributed by atoms with E-state index < -0.39 is 26.3 Å². The number of halogens is 2. The summed E-state index contributed by atoms with van der Waals surface area (Å²) >= 11 is 5.83. The quantitative estimate of drug-likeness (QED) is 0.712. The Kier molecular flexibility index (Phi) is 4.06. The maximum atomic E-state index is 14.1. The number of aromatic nitrogens is 1. The highest BCUT2D eigenvalue weighted by molar-refractivity contribution is 7.90. The molecular formula is C16H11ClFNO4S. The molecular weight excluding hydrogens is 357 g/mol. The molecule has 0 spiro atoms. The maximum absolute atomic E-state index is 14.1. The van der Waals surface area contributed by atoms with Crippen molar-refractivity contribution >= 4 is 21.4 Å². The van der Waals surface area contributed by atoms with Gasteiger partial charge in [0, 0.05) is 16.8 Å². The molecule has 0 saturated carbocycles. The first-order valence-electron chi connectivity index (χ1n) is 6.74. The summed E-state index contributed by atoms with van der Waals surface area (Å²) in [4.78, 5) is 11.6. The normalized spacial score (nSPS) is 11.6. The van der Waals surface area contributed by atoms with Gasteiger partial charge >= 0.3 is 5.76 Å². The van der Waals surface area contributed by atoms with Crippen LogP contribution < -0.4 is 5.76 Å². The van der Waals surface area contributed by atoms with Gasteiger partial charge in [-0.05, 0) is 36.4 Å². The van der Waals surface area contributed by atoms with Gasteiger partial charge in [0.25, 0.3) is 0 Å². The third-order valence-electron chi connectivity index (χ3n) is 3.41. The van der Waals surface area contributed by atoms with Crippen LogP contribution in [0.3, 0.4) is 0 Å². The molecule has 0 aliphatic rings. The van der Waals surface area contributed by atoms with Gasteiger partial charge in [0.05, 0.1) is 11.4 Å². The zero-order chi connectivity index (χ0) is 17.5. The Morgan fingerprint density at radius 1 is 1.12 bits per heavy atom. The zero-order valence-corrected chi connectivity index (χ0v) is 13.9. The van der Waals surface area contributed by atoms with E-state index in [4.69, 9.17) is 16.0 Å². The van der Waals surface area contributed by atoms with E-state index in [-0.39, 0.29) is 0 Å². The van der Waals surface area contributed by atoms with E-state index in [0.717, 1.165) is 18.4 Å². The van der Waals surface area contributed by atoms with Crippen molar-refractivity contribution in [3.05, 3.63) is 70.1 Å². The predicted molar refractivity (Wildman–Crippen MR) is 87.8 cm³/mol. The number of benzene rings is 2. The molecule has 0 saturated heterocycles. The molecule has 24 heavy (non-hydrogen) atoms. The molecule has 3 aromatic rings. The number of hydrogen-bond acceptors (Lipinski definition) is 4. The van der Waals surface area contributed by atoms with Gasteiger partial charge in [-0.2, -0.15) is 0 Å². The first kappa shape index (κ1) is 16.5. The van der Waals surface area contributed by atoms with Gasteiger partial charge in [-0.1, -0.05) is 17.7 Å². The third kappa shape index (κ3) is 3.00. The first-order chi connectivity index (χ1) is 11.3. The predicted octanol–water partition coefficient (Wildman–Crippen LogP) is 3.29. The van der Waals surface area contributed by atoms with Crippen molar-refractivity contribution in [1.82, 2.24) is 4.57 Å². The molecule has 0 aliphatic heterocycles. The van der Waals surface area contributed by atoms with Crippen LogP contribution in [0.1, 0.15) is 0 Å². The molecule has 0 aliphatic carbocycles. The van der Waals surface area contributed by atoms with Gasteiger partial charge in [0.15, 0.2) is 9.84 Å². The fourth-order valence-corrected chi connectivity index (χ4v) is 3.16. The number of oxazole rings is 1. The second-order valence-corrected chi connectivity index (χ2v) is 7.54. The Morgan fingerprint density at radius 2 is 1.79 bits per heavy atom. The lowest BCUT2D eigenvalue weighted by Crippen LogP contribution is -2.13. The van der Waals surface area contributed by atoms with Crippen molar-refractivity contribution in [3.8, 4) is 16.9 Å². The summed E-state index contributed by atoms with van der Waals surface area (Å²) in [6.45, 7) is 0. The number of sulfone groups is 1. The second-order valence-electron chi connectivity index (χ2n) is 5.12. The molecule has 5 nitrogen and oxygen atoms in total. The van der Waals surface area contributed by atoms with Crippen LogP contribution in [-0.2, 0) is 9.84 Å². The number of hydrogen-bond donors (Lipinski definition) is 0. The highest BCUT2D eigenvalue weighted by Gasteiger charge is 2.18. The largest absolute Gasteiger partial charge is 0.424 e. The van der Waals surface area contributed by atoms with Gasteiger partial charge in [-0.25, -0.2) is 22.2 Å². The minimum absolute atomic E-state index is 0.293. The Bertz CT molecular complexity index is 1070. The molecule has 0 unspecified atom stereocenters. The van der Waals surface area contributed by atoms with Crippen molar-refractivity contribution in [2.24, 2.45) is 0 Å². The lowest BCUT2D eigenvalue weighted by atomic mass is 10.1. The summed E-state index contributed by atoms with van der Waals surface area (Å²) in [7, 11) is -3.68. The zero-order valence-electron chi connectivity index (χ0n) is 12.4. The van der Waals surface area contributed by atoms with Crippen LogP contribution in [0.2, 0.25) is 5.02 Å². The molecule has 0 radical (unpaired) electrons. The summed E-state index contributed by atoms with van der Waals surface area (Å²) in [5.74, 6) is -1.55. The molecule has 0 amide bonds. The highest BCUT2D eigenvalue weighted by Crippen LogP contribution is 2.26. The topological polar surface area (TPSA) is 69.3 Å². The summed E-state index contributed by atoms with van der Waals surface area (Å²) < 4.78 is 43.3. The molecule has 0 fully saturated rings. The molecule has 1 heterocycles. The van der Waals surface area contributed by atoms with Crippen molar-refractivity contribution in [2.45, 2.75) is 4.90 Å². The maximum Gasteiger partial charge on any atom is 0.424 e. The molecule has 2 aromatic carbocycles. The summed E-state index contributed by atoms with van der Waals surface area (Å²) in [6, 6.07) is 10.1. The fourth-order valence-electron chi connectivity index (χ4n) is 2.30. The standard InChI is InChI=1S/C16H11ClFNO4S/c1-24(21,22)15-7-2-10(8-13(15)18)14-9-23-16(20)19(14)12-5-3-11(17)4-6-12/h2-9H,1H3. The van der Waals surface area contributed by atoms with Crippen LogP contribution >= 0.6 is 11.6 Å². The molecule has 8 heteroatoms. The van der Waals surface area contributed by atoms with Gasteiger partial charge in [-0.15, -0.1) is 0 Å². The third-order valence-corrected chi connectivity index (χ3v) is 4.79. The van der Waals surface area contributed by atoms with Crippen LogP contribution in [0.15, 0.2) is 62.8 Å². The van der Waals surface area contributed by atoms with Crippen LogP contribution in [-0.4, -0.2) is 19.2 Å². The smallest absolute Gasteiger partial charge is 0.415 e. The van der Waals surface area contributed by atoms with Gasteiger partial charge in [0.2, 0.25) is 0 Å². The Labute approximate surface area is 141 Å². The second kappa shape index (κ2) is 5.92. The lowest BCUT2D eigenvalue weighted by Gasteiger charge is -2.08. The SMILES string of the molecule is CS(=O)(=O)c1ccc(-c2coc(=O)n2-c2ccc(Cl)cc2)cc1F. The van der Waals surface area contributed by atoms with Crippen molar-refractivity contribution in [3.63, 3.8) is 0 Å². The monoisotopic (exact) mass is 367 g/mol. The van der Waals surface area contributed by atoms with Crippen LogP contribution in [0, 0.1) is 5.82 Å². The van der Waals surface area contributed by atoms with Gasteiger partial charge in [0.1, 0.15) is 17.0 Å². The summed E-state index contributed by atoms with van der Waals surface area (Å²) in [5, 5.41) is 0.500. The van der Waals surface area contributed by atoms with E-state index in [1.165, 1.54) is 16.9 Å². The lowest BCUT2D eigenvalue weighted by molar-refractivity contribution is 0.504. The Morgan fingerprint density at radius 3 is 2.38 bits per heavy atom. The molecule has 1 aromatic heterocycles. The van der Waals surface area contributed by atoms with E-state index in [0.29, 0.717) is 22.0 Å². The number of rotatable bonds is 3. The molecule has 124 valence electrons. The molecule has 0 bridgehead atoms. The Balaban J connectivity index is 2.17. The highest BCUT2D eigenvalue weighted by atomic mass is 35.5. The molecule has 3 rings (SSSR count). The Hall–Kier alpha value is -2.38. The van der Waals surface area contributed by atoms with E-state index in [9.17, 15) is 17.6 Å². The molecule has 0 N–H and O–H groups in total. The van der Waals surface area contributed by atoms with E-state index in [1.807, 2.05) is 0 Å². The van der Waals surface area contributed by atoms with Gasteiger partial charge < -0.3 is 4.42 Å². The minimum atomic E-state index is -3.68. The average molecular weight is 368 g/mol.